The van der Waals surface area contributed by atoms with E-state index in [0.717, 1.165) is 29.1 Å². The quantitative estimate of drug-likeness (QED) is 0.216. The first-order valence-electron chi connectivity index (χ1n) is 8.41. The van der Waals surface area contributed by atoms with Crippen LogP contribution >= 0.6 is 12.6 Å². The molecule has 0 radical (unpaired) electrons. The van der Waals surface area contributed by atoms with Crippen molar-refractivity contribution in [2.24, 2.45) is 5.73 Å². The van der Waals surface area contributed by atoms with Crippen LogP contribution in [-0.4, -0.2) is 44.8 Å². The number of hydrogen-bond acceptors (Lipinski definition) is 5. The zero-order valence-corrected chi connectivity index (χ0v) is 16.2. The molecular formula is C19H33NO3S. The van der Waals surface area contributed by atoms with Crippen molar-refractivity contribution >= 4 is 12.6 Å². The first-order chi connectivity index (χ1) is 11.6. The number of hydrogen-bond donors (Lipinski definition) is 2. The molecule has 0 saturated carbocycles. The lowest BCUT2D eigenvalue weighted by Gasteiger charge is -2.14. The van der Waals surface area contributed by atoms with E-state index in [1.807, 2.05) is 45.1 Å². The van der Waals surface area contributed by atoms with Gasteiger partial charge in [0.05, 0.1) is 26.4 Å². The largest absolute Gasteiger partial charge is 0.491 e. The summed E-state index contributed by atoms with van der Waals surface area (Å²) in [5, 5.41) is 0. The lowest BCUT2D eigenvalue weighted by atomic mass is 9.99. The molecule has 0 spiro atoms. The maximum absolute atomic E-state index is 6.03. The van der Waals surface area contributed by atoms with Gasteiger partial charge in [-0.3, -0.25) is 0 Å². The van der Waals surface area contributed by atoms with Crippen molar-refractivity contribution in [1.29, 1.82) is 0 Å². The topological polar surface area (TPSA) is 53.7 Å². The van der Waals surface area contributed by atoms with Crippen LogP contribution in [0, 0.1) is 0 Å². The van der Waals surface area contributed by atoms with Crippen LogP contribution in [0.2, 0.25) is 0 Å². The lowest BCUT2D eigenvalue weighted by molar-refractivity contribution is 0.0324. The molecule has 0 aliphatic carbocycles. The summed E-state index contributed by atoms with van der Waals surface area (Å²) < 4.78 is 16.5. The van der Waals surface area contributed by atoms with Gasteiger partial charge in [-0.15, -0.1) is 0 Å². The first kappa shape index (κ1) is 23.0. The highest BCUT2D eigenvalue weighted by Gasteiger charge is 2.07. The van der Waals surface area contributed by atoms with Crippen molar-refractivity contribution in [3.05, 3.63) is 47.8 Å². The van der Waals surface area contributed by atoms with Crippen LogP contribution in [-0.2, 0) is 14.2 Å². The molecule has 0 aromatic rings. The summed E-state index contributed by atoms with van der Waals surface area (Å²) >= 11 is 4.07. The molecule has 0 aliphatic rings. The summed E-state index contributed by atoms with van der Waals surface area (Å²) in [7, 11) is 0. The molecule has 0 aliphatic heterocycles. The van der Waals surface area contributed by atoms with Crippen LogP contribution < -0.4 is 5.73 Å². The minimum Gasteiger partial charge on any atom is -0.491 e. The average Bonchev–Trinajstić information content (AvgIpc) is 2.59. The van der Waals surface area contributed by atoms with Crippen molar-refractivity contribution in [2.75, 3.05) is 38.8 Å². The number of thiol groups is 1. The predicted molar refractivity (Wildman–Crippen MR) is 106 cm³/mol. The van der Waals surface area contributed by atoms with Gasteiger partial charge < -0.3 is 19.9 Å². The van der Waals surface area contributed by atoms with Gasteiger partial charge in [0.2, 0.25) is 0 Å². The zero-order chi connectivity index (χ0) is 18.2. The van der Waals surface area contributed by atoms with Crippen molar-refractivity contribution in [3.8, 4) is 0 Å². The molecule has 1 unspecified atom stereocenters. The van der Waals surface area contributed by atoms with E-state index >= 15 is 0 Å². The van der Waals surface area contributed by atoms with Crippen molar-refractivity contribution < 1.29 is 14.2 Å². The van der Waals surface area contributed by atoms with E-state index < -0.39 is 0 Å². The third kappa shape index (κ3) is 11.5. The molecule has 24 heavy (non-hydrogen) atoms. The summed E-state index contributed by atoms with van der Waals surface area (Å²) in [5.74, 6) is 1.49. The Kier molecular flexibility index (Phi) is 14.9. The third-order valence-corrected chi connectivity index (χ3v) is 3.49. The molecule has 0 bridgehead atoms. The van der Waals surface area contributed by atoms with Gasteiger partial charge in [0.1, 0.15) is 12.4 Å². The lowest BCUT2D eigenvalue weighted by Crippen LogP contribution is -2.21. The predicted octanol–water partition coefficient (Wildman–Crippen LogP) is 3.67. The smallest absolute Gasteiger partial charge is 0.119 e. The van der Waals surface area contributed by atoms with Crippen molar-refractivity contribution in [3.63, 3.8) is 0 Å². The van der Waals surface area contributed by atoms with Gasteiger partial charge in [-0.1, -0.05) is 25.7 Å². The Morgan fingerprint density at radius 2 is 1.79 bits per heavy atom. The van der Waals surface area contributed by atoms with Crippen LogP contribution in [0.25, 0.3) is 0 Å². The van der Waals surface area contributed by atoms with E-state index in [1.165, 1.54) is 0 Å². The number of ether oxygens (including phenoxy) is 3. The Bertz CT molecular complexity index is 430. The highest BCUT2D eigenvalue weighted by atomic mass is 32.1. The monoisotopic (exact) mass is 355 g/mol. The molecule has 0 aromatic heterocycles. The van der Waals surface area contributed by atoms with Crippen molar-refractivity contribution in [1.82, 2.24) is 0 Å². The van der Waals surface area contributed by atoms with Gasteiger partial charge in [-0.25, -0.2) is 0 Å². The molecule has 0 amide bonds. The second-order valence-corrected chi connectivity index (χ2v) is 5.71. The van der Waals surface area contributed by atoms with E-state index in [4.69, 9.17) is 19.9 Å². The van der Waals surface area contributed by atoms with Gasteiger partial charge in [-0.2, -0.15) is 12.6 Å². The Morgan fingerprint density at radius 1 is 1.17 bits per heavy atom. The van der Waals surface area contributed by atoms with Crippen LogP contribution in [0.5, 0.6) is 0 Å². The fourth-order valence-corrected chi connectivity index (χ4v) is 1.91. The summed E-state index contributed by atoms with van der Waals surface area (Å²) in [6, 6.07) is -0.0233. The highest BCUT2D eigenvalue weighted by Crippen LogP contribution is 2.15. The molecule has 0 saturated heterocycles. The van der Waals surface area contributed by atoms with Crippen molar-refractivity contribution in [2.45, 2.75) is 33.2 Å². The minimum atomic E-state index is -0.0233. The van der Waals surface area contributed by atoms with Crippen LogP contribution in [0.4, 0.5) is 0 Å². The van der Waals surface area contributed by atoms with Gasteiger partial charge in [0.25, 0.3) is 0 Å². The first-order valence-corrected chi connectivity index (χ1v) is 9.05. The number of rotatable bonds is 14. The normalized spacial score (nSPS) is 14.2. The maximum Gasteiger partial charge on any atom is 0.119 e. The van der Waals surface area contributed by atoms with E-state index in [2.05, 4.69) is 19.2 Å². The number of allylic oxidation sites excluding steroid dienone is 4. The van der Waals surface area contributed by atoms with E-state index in [-0.39, 0.29) is 6.04 Å². The molecule has 0 aromatic carbocycles. The van der Waals surface area contributed by atoms with Gasteiger partial charge >= 0.3 is 0 Å². The Morgan fingerprint density at radius 3 is 2.38 bits per heavy atom. The highest BCUT2D eigenvalue weighted by molar-refractivity contribution is 7.80. The Hall–Kier alpha value is -1.01. The minimum absolute atomic E-state index is 0.0233. The summed E-state index contributed by atoms with van der Waals surface area (Å²) in [5.41, 5.74) is 8.00. The number of nitrogens with two attached hydrogens (primary N) is 1. The van der Waals surface area contributed by atoms with Gasteiger partial charge in [0.15, 0.2) is 0 Å². The van der Waals surface area contributed by atoms with E-state index in [1.54, 1.807) is 0 Å². The summed E-state index contributed by atoms with van der Waals surface area (Å²) in [6.07, 6.45) is 8.64. The molecule has 1 atom stereocenters. The Labute approximate surface area is 152 Å². The summed E-state index contributed by atoms with van der Waals surface area (Å²) in [4.78, 5) is 0. The van der Waals surface area contributed by atoms with Gasteiger partial charge in [0, 0.05) is 11.8 Å². The average molecular weight is 356 g/mol. The summed E-state index contributed by atoms with van der Waals surface area (Å²) in [6.45, 7) is 12.9. The van der Waals surface area contributed by atoms with Crippen LogP contribution in [0.1, 0.15) is 27.2 Å². The zero-order valence-electron chi connectivity index (χ0n) is 15.3. The van der Waals surface area contributed by atoms with E-state index in [9.17, 15) is 0 Å². The fourth-order valence-electron chi connectivity index (χ4n) is 1.78. The molecule has 0 fully saturated rings. The molecule has 2 N–H and O–H groups in total. The molecule has 138 valence electrons. The maximum atomic E-state index is 6.03. The van der Waals surface area contributed by atoms with Gasteiger partial charge in [-0.05, 0) is 43.6 Å². The van der Waals surface area contributed by atoms with Crippen LogP contribution in [0.3, 0.4) is 0 Å². The fraction of sp³-hybridized carbons (Fsp3) is 0.579. The van der Waals surface area contributed by atoms with Crippen LogP contribution in [0.15, 0.2) is 47.8 Å². The van der Waals surface area contributed by atoms with E-state index in [0.29, 0.717) is 33.0 Å². The molecule has 0 heterocycles. The standard InChI is InChI=1S/C19H33NO3S/c1-5-7-8-18(15-16(3)17(4)19(20)6-2)23-12-11-21-9-10-22-13-14-24/h5,7-8,15,19,24H,4,6,9-14,20H2,1-3H3/b7-5+,16-15+,18-8+. The SMILES string of the molecule is C=C(/C(C)=C/C(=C\C=C\C)OCCOCCOCCS)C(N)CC. The second kappa shape index (κ2) is 15.5. The molecular weight excluding hydrogens is 322 g/mol. The molecule has 0 rings (SSSR count). The Balaban J connectivity index is 4.36. The molecule has 4 nitrogen and oxygen atoms in total. The second-order valence-electron chi connectivity index (χ2n) is 5.26. The third-order valence-electron chi connectivity index (χ3n) is 3.31. The molecule has 5 heteroatoms.